The quantitative estimate of drug-likeness (QED) is 0.501. The molecule has 0 saturated carbocycles. The topological polar surface area (TPSA) is 104 Å². The second kappa shape index (κ2) is 7.38. The van der Waals surface area contributed by atoms with E-state index < -0.39 is 9.84 Å². The predicted molar refractivity (Wildman–Crippen MR) is 114 cm³/mol. The largest absolute Gasteiger partial charge is 0.323 e. The van der Waals surface area contributed by atoms with Crippen molar-refractivity contribution >= 4 is 44.0 Å². The average Bonchev–Trinajstić information content (AvgIpc) is 3.09. The van der Waals surface area contributed by atoms with E-state index in [2.05, 4.69) is 25.5 Å². The number of sulfone groups is 1. The van der Waals surface area contributed by atoms with Gasteiger partial charge in [-0.15, -0.1) is 0 Å². The van der Waals surface area contributed by atoms with Gasteiger partial charge in [-0.05, 0) is 48.9 Å². The highest BCUT2D eigenvalue weighted by atomic mass is 32.2. The monoisotopic (exact) mass is 426 g/mol. The van der Waals surface area contributed by atoms with Crippen LogP contribution in [-0.4, -0.2) is 41.9 Å². The van der Waals surface area contributed by atoms with Crippen molar-refractivity contribution in [1.29, 1.82) is 0 Å². The number of rotatable bonds is 5. The summed E-state index contributed by atoms with van der Waals surface area (Å²) < 4.78 is 37.7. The van der Waals surface area contributed by atoms with Crippen LogP contribution in [0.3, 0.4) is 0 Å². The molecule has 0 aliphatic rings. The molecule has 0 radical (unpaired) electrons. The van der Waals surface area contributed by atoms with Gasteiger partial charge >= 0.3 is 0 Å². The Bertz CT molecular complexity index is 1350. The first-order valence-corrected chi connectivity index (χ1v) is 10.9. The molecular weight excluding hydrogens is 407 g/mol. The summed E-state index contributed by atoms with van der Waals surface area (Å²) in [5, 5.41) is 10.7. The zero-order chi connectivity index (χ0) is 21.5. The van der Waals surface area contributed by atoms with Gasteiger partial charge in [0.15, 0.2) is 15.7 Å². The Hall–Kier alpha value is -3.53. The fourth-order valence-electron chi connectivity index (χ4n) is 3.26. The van der Waals surface area contributed by atoms with Crippen LogP contribution >= 0.6 is 0 Å². The van der Waals surface area contributed by atoms with E-state index in [1.165, 1.54) is 18.4 Å². The summed E-state index contributed by atoms with van der Waals surface area (Å²) in [6.45, 7) is 1.74. The molecule has 154 valence electrons. The molecule has 0 fully saturated rings. The van der Waals surface area contributed by atoms with Crippen LogP contribution in [0.4, 0.5) is 27.7 Å². The Labute approximate surface area is 172 Å². The van der Waals surface area contributed by atoms with E-state index in [4.69, 9.17) is 0 Å². The van der Waals surface area contributed by atoms with E-state index in [0.29, 0.717) is 39.7 Å². The van der Waals surface area contributed by atoms with Crippen LogP contribution < -0.4 is 10.2 Å². The zero-order valence-corrected chi connectivity index (χ0v) is 17.3. The Morgan fingerprint density at radius 1 is 1.17 bits per heavy atom. The third kappa shape index (κ3) is 3.69. The van der Waals surface area contributed by atoms with Crippen LogP contribution in [-0.2, 0) is 9.84 Å². The molecule has 0 spiro atoms. The second-order valence-electron chi connectivity index (χ2n) is 6.86. The van der Waals surface area contributed by atoms with E-state index in [9.17, 15) is 12.8 Å². The van der Waals surface area contributed by atoms with Crippen molar-refractivity contribution < 1.29 is 12.8 Å². The van der Waals surface area contributed by atoms with Crippen molar-refractivity contribution in [2.45, 2.75) is 11.8 Å². The number of H-pyrrole nitrogens is 1. The van der Waals surface area contributed by atoms with Gasteiger partial charge in [-0.2, -0.15) is 10.1 Å². The van der Waals surface area contributed by atoms with Gasteiger partial charge in [0.05, 0.1) is 10.4 Å². The summed E-state index contributed by atoms with van der Waals surface area (Å²) >= 11 is 0. The number of nitrogens with zero attached hydrogens (tertiary/aromatic N) is 4. The van der Waals surface area contributed by atoms with E-state index in [-0.39, 0.29) is 10.7 Å². The SMILES string of the molecule is Cc1c(N(C)c2nccc(Nc3n[nH]c4ccc(F)cc34)n2)cccc1S(C)(=O)=O. The highest BCUT2D eigenvalue weighted by molar-refractivity contribution is 7.90. The Morgan fingerprint density at radius 3 is 2.73 bits per heavy atom. The van der Waals surface area contributed by atoms with Gasteiger partial charge in [-0.1, -0.05) is 6.07 Å². The molecule has 2 aromatic carbocycles. The van der Waals surface area contributed by atoms with E-state index in [0.717, 1.165) is 0 Å². The fourth-order valence-corrected chi connectivity index (χ4v) is 4.24. The third-order valence-corrected chi connectivity index (χ3v) is 5.97. The number of aromatic nitrogens is 4. The molecule has 2 N–H and O–H groups in total. The molecule has 0 aliphatic heterocycles. The Kier molecular flexibility index (Phi) is 4.86. The van der Waals surface area contributed by atoms with Crippen molar-refractivity contribution in [3.63, 3.8) is 0 Å². The van der Waals surface area contributed by atoms with E-state index in [1.807, 2.05) is 0 Å². The summed E-state index contributed by atoms with van der Waals surface area (Å²) in [5.41, 5.74) is 1.97. The molecule has 0 saturated heterocycles. The maximum absolute atomic E-state index is 13.6. The molecule has 0 unspecified atom stereocenters. The van der Waals surface area contributed by atoms with Gasteiger partial charge in [0.1, 0.15) is 11.6 Å². The van der Waals surface area contributed by atoms with Crippen molar-refractivity contribution in [1.82, 2.24) is 20.2 Å². The van der Waals surface area contributed by atoms with Gasteiger partial charge in [0.25, 0.3) is 0 Å². The molecule has 4 rings (SSSR count). The normalized spacial score (nSPS) is 11.6. The van der Waals surface area contributed by atoms with Crippen molar-refractivity contribution in [3.05, 3.63) is 60.0 Å². The summed E-state index contributed by atoms with van der Waals surface area (Å²) in [7, 11) is -1.60. The molecule has 2 aromatic heterocycles. The summed E-state index contributed by atoms with van der Waals surface area (Å²) in [6.07, 6.45) is 2.75. The molecule has 2 heterocycles. The lowest BCUT2D eigenvalue weighted by Gasteiger charge is -2.21. The highest BCUT2D eigenvalue weighted by Crippen LogP contribution is 2.30. The minimum Gasteiger partial charge on any atom is -0.323 e. The van der Waals surface area contributed by atoms with Crippen LogP contribution in [0, 0.1) is 12.7 Å². The molecule has 0 aliphatic carbocycles. The predicted octanol–water partition coefficient (Wildman–Crippen LogP) is 3.72. The number of hydrogen-bond donors (Lipinski definition) is 2. The van der Waals surface area contributed by atoms with Crippen LogP contribution in [0.1, 0.15) is 5.56 Å². The lowest BCUT2D eigenvalue weighted by atomic mass is 10.2. The minimum atomic E-state index is -3.36. The summed E-state index contributed by atoms with van der Waals surface area (Å²) in [6, 6.07) is 11.1. The summed E-state index contributed by atoms with van der Waals surface area (Å²) in [5.74, 6) is 0.893. The van der Waals surface area contributed by atoms with E-state index >= 15 is 0 Å². The van der Waals surface area contributed by atoms with Crippen LogP contribution in [0.15, 0.2) is 53.6 Å². The molecule has 8 nitrogen and oxygen atoms in total. The standard InChI is InChI=1S/C20H19FN6O2S/c1-12-16(5-4-6-17(12)30(3,28)29)27(2)20-22-10-9-18(24-20)23-19-14-11-13(21)7-8-15(14)25-26-19/h4-11H,1-3H3,(H2,22,23,24,25,26). The van der Waals surface area contributed by atoms with Crippen molar-refractivity contribution in [2.24, 2.45) is 0 Å². The molecule has 10 heteroatoms. The number of fused-ring (bicyclic) bond motifs is 1. The maximum atomic E-state index is 13.6. The van der Waals surface area contributed by atoms with Gasteiger partial charge in [0.2, 0.25) is 5.95 Å². The van der Waals surface area contributed by atoms with Crippen LogP contribution in [0.25, 0.3) is 10.9 Å². The number of aromatic amines is 1. The first-order chi connectivity index (χ1) is 14.2. The number of hydrogen-bond acceptors (Lipinski definition) is 7. The maximum Gasteiger partial charge on any atom is 0.231 e. The van der Waals surface area contributed by atoms with Gasteiger partial charge in [0, 0.05) is 30.6 Å². The molecule has 0 atom stereocenters. The number of anilines is 4. The van der Waals surface area contributed by atoms with E-state index in [1.54, 1.807) is 55.4 Å². The smallest absolute Gasteiger partial charge is 0.231 e. The van der Waals surface area contributed by atoms with Gasteiger partial charge < -0.3 is 10.2 Å². The van der Waals surface area contributed by atoms with Crippen molar-refractivity contribution in [3.8, 4) is 0 Å². The number of halogens is 1. The van der Waals surface area contributed by atoms with Crippen LogP contribution in [0.5, 0.6) is 0 Å². The molecule has 0 bridgehead atoms. The molecule has 30 heavy (non-hydrogen) atoms. The lowest BCUT2D eigenvalue weighted by molar-refractivity contribution is 0.601. The number of benzene rings is 2. The second-order valence-corrected chi connectivity index (χ2v) is 8.84. The average molecular weight is 426 g/mol. The summed E-state index contributed by atoms with van der Waals surface area (Å²) in [4.78, 5) is 10.7. The first kappa shape index (κ1) is 19.8. The zero-order valence-electron chi connectivity index (χ0n) is 16.5. The van der Waals surface area contributed by atoms with Gasteiger partial charge in [-0.25, -0.2) is 17.8 Å². The van der Waals surface area contributed by atoms with Crippen molar-refractivity contribution in [2.75, 3.05) is 23.5 Å². The third-order valence-electron chi connectivity index (χ3n) is 4.73. The fraction of sp³-hybridized carbons (Fsp3) is 0.150. The van der Waals surface area contributed by atoms with Gasteiger partial charge in [-0.3, -0.25) is 5.10 Å². The molecule has 4 aromatic rings. The lowest BCUT2D eigenvalue weighted by Crippen LogP contribution is -2.16. The Morgan fingerprint density at radius 2 is 1.97 bits per heavy atom. The first-order valence-electron chi connectivity index (χ1n) is 9.01. The molecule has 0 amide bonds. The Balaban J connectivity index is 1.68. The molecular formula is C20H19FN6O2S. The minimum absolute atomic E-state index is 0.256. The highest BCUT2D eigenvalue weighted by Gasteiger charge is 2.17. The van der Waals surface area contributed by atoms with Crippen LogP contribution in [0.2, 0.25) is 0 Å². The number of nitrogens with one attached hydrogen (secondary N) is 2.